The SMILES string of the molecule is C#CC[C@H](O)[C@H](O)[C@H](CC1CCCCC1)NC(=O)[C@H](CC1CC1)NC(=O)[C@H](Cc1ccc(Cl)cc1)CS(=O)(=O)C(C)(C)C. The van der Waals surface area contributed by atoms with Gasteiger partial charge in [-0.3, -0.25) is 9.59 Å². The number of carbonyl (C=O) groups is 2. The molecular weight excluding hydrogens is 588 g/mol. The second kappa shape index (κ2) is 15.7. The average Bonchev–Trinajstić information content (AvgIpc) is 3.76. The monoisotopic (exact) mass is 636 g/mol. The van der Waals surface area contributed by atoms with Gasteiger partial charge in [0.2, 0.25) is 11.8 Å². The second-order valence-electron chi connectivity index (χ2n) is 13.5. The highest BCUT2D eigenvalue weighted by atomic mass is 35.5. The molecule has 4 N–H and O–H groups in total. The van der Waals surface area contributed by atoms with E-state index in [2.05, 4.69) is 16.6 Å². The van der Waals surface area contributed by atoms with Crippen molar-refractivity contribution in [1.29, 1.82) is 0 Å². The molecule has 1 aromatic carbocycles. The lowest BCUT2D eigenvalue weighted by Crippen LogP contribution is -2.56. The average molecular weight is 637 g/mol. The zero-order chi connectivity index (χ0) is 31.8. The van der Waals surface area contributed by atoms with Crippen LogP contribution in [0.2, 0.25) is 5.02 Å². The summed E-state index contributed by atoms with van der Waals surface area (Å²) in [5, 5.41) is 27.8. The molecule has 10 heteroatoms. The maximum atomic E-state index is 13.8. The molecule has 2 aliphatic rings. The van der Waals surface area contributed by atoms with Gasteiger partial charge in [0.05, 0.1) is 28.6 Å². The van der Waals surface area contributed by atoms with Gasteiger partial charge in [0.1, 0.15) is 12.1 Å². The smallest absolute Gasteiger partial charge is 0.242 e. The molecule has 0 heterocycles. The van der Waals surface area contributed by atoms with Crippen molar-refractivity contribution in [2.75, 3.05) is 5.75 Å². The molecule has 43 heavy (non-hydrogen) atoms. The van der Waals surface area contributed by atoms with Gasteiger partial charge < -0.3 is 20.8 Å². The zero-order valence-electron chi connectivity index (χ0n) is 25.7. The van der Waals surface area contributed by atoms with E-state index in [1.54, 1.807) is 45.0 Å². The molecule has 1 aromatic rings. The zero-order valence-corrected chi connectivity index (χ0v) is 27.3. The molecule has 2 saturated carbocycles. The first-order valence-corrected chi connectivity index (χ1v) is 17.6. The number of hydrogen-bond donors (Lipinski definition) is 4. The van der Waals surface area contributed by atoms with Crippen LogP contribution >= 0.6 is 11.6 Å². The molecule has 0 aromatic heterocycles. The van der Waals surface area contributed by atoms with E-state index in [-0.39, 0.29) is 24.5 Å². The third-order valence-electron chi connectivity index (χ3n) is 8.79. The summed E-state index contributed by atoms with van der Waals surface area (Å²) < 4.78 is 25.3. The first kappa shape index (κ1) is 35.4. The maximum absolute atomic E-state index is 13.8. The number of rotatable bonds is 15. The predicted molar refractivity (Wildman–Crippen MR) is 170 cm³/mol. The van der Waals surface area contributed by atoms with Crippen molar-refractivity contribution in [2.24, 2.45) is 17.8 Å². The van der Waals surface area contributed by atoms with Crippen LogP contribution in [-0.4, -0.2) is 65.2 Å². The Kier molecular flexibility index (Phi) is 12.9. The van der Waals surface area contributed by atoms with E-state index in [1.165, 1.54) is 0 Å². The number of nitrogens with one attached hydrogen (secondary N) is 2. The van der Waals surface area contributed by atoms with Crippen molar-refractivity contribution in [1.82, 2.24) is 10.6 Å². The molecule has 2 amide bonds. The summed E-state index contributed by atoms with van der Waals surface area (Å²) in [5.41, 5.74) is 0.759. The van der Waals surface area contributed by atoms with Gasteiger partial charge in [-0.15, -0.1) is 12.3 Å². The van der Waals surface area contributed by atoms with Crippen molar-refractivity contribution in [2.45, 2.75) is 120 Å². The highest BCUT2D eigenvalue weighted by molar-refractivity contribution is 7.92. The quantitative estimate of drug-likeness (QED) is 0.213. The van der Waals surface area contributed by atoms with E-state index in [0.717, 1.165) is 50.5 Å². The van der Waals surface area contributed by atoms with Gasteiger partial charge >= 0.3 is 0 Å². The Morgan fingerprint density at radius 2 is 1.58 bits per heavy atom. The van der Waals surface area contributed by atoms with Crippen LogP contribution in [0.1, 0.15) is 90.5 Å². The second-order valence-corrected chi connectivity index (χ2v) is 16.7. The Bertz CT molecular complexity index is 1210. The van der Waals surface area contributed by atoms with Crippen molar-refractivity contribution in [3.8, 4) is 12.3 Å². The van der Waals surface area contributed by atoms with Crippen LogP contribution in [0.4, 0.5) is 0 Å². The fourth-order valence-corrected chi connectivity index (χ4v) is 7.14. The Labute approximate surface area is 262 Å². The Morgan fingerprint density at radius 1 is 0.977 bits per heavy atom. The minimum Gasteiger partial charge on any atom is -0.389 e. The third-order valence-corrected chi connectivity index (χ3v) is 11.8. The lowest BCUT2D eigenvalue weighted by molar-refractivity contribution is -0.132. The summed E-state index contributed by atoms with van der Waals surface area (Å²) in [6, 6.07) is 5.28. The van der Waals surface area contributed by atoms with Crippen LogP contribution in [0.3, 0.4) is 0 Å². The molecule has 5 atom stereocenters. The molecule has 240 valence electrons. The van der Waals surface area contributed by atoms with Crippen LogP contribution in [0.5, 0.6) is 0 Å². The number of carbonyl (C=O) groups excluding carboxylic acids is 2. The number of hydrogen-bond acceptors (Lipinski definition) is 6. The molecule has 0 radical (unpaired) electrons. The number of sulfone groups is 1. The van der Waals surface area contributed by atoms with Crippen LogP contribution in [-0.2, 0) is 25.8 Å². The minimum atomic E-state index is -3.66. The summed E-state index contributed by atoms with van der Waals surface area (Å²) >= 11 is 6.03. The molecule has 0 spiro atoms. The predicted octanol–water partition coefficient (Wildman–Crippen LogP) is 4.20. The third kappa shape index (κ3) is 11.1. The van der Waals surface area contributed by atoms with E-state index >= 15 is 0 Å². The molecule has 0 bridgehead atoms. The van der Waals surface area contributed by atoms with Gasteiger partial charge in [-0.2, -0.15) is 0 Å². The topological polar surface area (TPSA) is 133 Å². The normalized spacial score (nSPS) is 19.8. The highest BCUT2D eigenvalue weighted by Gasteiger charge is 2.38. The summed E-state index contributed by atoms with van der Waals surface area (Å²) in [5.74, 6) is 0.687. The highest BCUT2D eigenvalue weighted by Crippen LogP contribution is 2.34. The molecule has 0 aliphatic heterocycles. The fraction of sp³-hybridized carbons (Fsp3) is 0.697. The van der Waals surface area contributed by atoms with Crippen LogP contribution < -0.4 is 10.6 Å². The van der Waals surface area contributed by atoms with Gasteiger partial charge in [-0.05, 0) is 69.6 Å². The molecular formula is C33H49ClN2O6S. The van der Waals surface area contributed by atoms with Crippen molar-refractivity contribution in [3.05, 3.63) is 34.9 Å². The Balaban J connectivity index is 1.81. The number of amides is 2. The van der Waals surface area contributed by atoms with E-state index in [1.807, 2.05) is 0 Å². The van der Waals surface area contributed by atoms with Gasteiger partial charge in [0, 0.05) is 11.4 Å². The van der Waals surface area contributed by atoms with E-state index in [0.29, 0.717) is 23.8 Å². The minimum absolute atomic E-state index is 0.0466. The maximum Gasteiger partial charge on any atom is 0.242 e. The summed E-state index contributed by atoms with van der Waals surface area (Å²) in [6.07, 6.45) is 11.2. The molecule has 2 aliphatic carbocycles. The van der Waals surface area contributed by atoms with Crippen molar-refractivity contribution in [3.63, 3.8) is 0 Å². The first-order chi connectivity index (χ1) is 20.2. The Hall–Kier alpha value is -2.12. The Morgan fingerprint density at radius 3 is 2.14 bits per heavy atom. The fourth-order valence-electron chi connectivity index (χ4n) is 5.71. The van der Waals surface area contributed by atoms with Gasteiger partial charge in [-0.1, -0.05) is 68.7 Å². The summed E-state index contributed by atoms with van der Waals surface area (Å²) in [7, 11) is -3.66. The van der Waals surface area contributed by atoms with E-state index < -0.39 is 56.6 Å². The van der Waals surface area contributed by atoms with Gasteiger partial charge in [0.25, 0.3) is 0 Å². The molecule has 0 unspecified atom stereocenters. The number of aliphatic hydroxyl groups is 2. The van der Waals surface area contributed by atoms with Crippen LogP contribution in [0, 0.1) is 30.1 Å². The summed E-state index contributed by atoms with van der Waals surface area (Å²) in [6.45, 7) is 4.82. The van der Waals surface area contributed by atoms with E-state index in [9.17, 15) is 28.2 Å². The number of halogens is 1. The van der Waals surface area contributed by atoms with Crippen LogP contribution in [0.25, 0.3) is 0 Å². The standard InChI is InChI=1S/C33H49ClN2O6S/c1-5-9-29(37)30(38)27(19-22-10-7-6-8-11-22)35-32(40)28(20-24-12-13-24)36-31(39)25(21-43(41,42)33(2,3)4)18-23-14-16-26(34)17-15-23/h1,14-17,22,24-25,27-30,37-38H,6-13,18-21H2,2-4H3,(H,35,40)(H,36,39)/t25-,27+,28+,29+,30-/m1/s1. The molecule has 2 fully saturated rings. The van der Waals surface area contributed by atoms with Gasteiger partial charge in [0.15, 0.2) is 9.84 Å². The van der Waals surface area contributed by atoms with Crippen molar-refractivity contribution >= 4 is 33.3 Å². The van der Waals surface area contributed by atoms with Gasteiger partial charge in [-0.25, -0.2) is 8.42 Å². The largest absolute Gasteiger partial charge is 0.389 e. The molecule has 8 nitrogen and oxygen atoms in total. The number of benzene rings is 1. The van der Waals surface area contributed by atoms with Crippen LogP contribution in [0.15, 0.2) is 24.3 Å². The lowest BCUT2D eigenvalue weighted by Gasteiger charge is -2.33. The van der Waals surface area contributed by atoms with E-state index in [4.69, 9.17) is 18.0 Å². The molecule has 3 rings (SSSR count). The number of aliphatic hydroxyl groups excluding tert-OH is 2. The van der Waals surface area contributed by atoms with Crippen molar-refractivity contribution < 1.29 is 28.2 Å². The number of terminal acetylenes is 1. The molecule has 0 saturated heterocycles. The summed E-state index contributed by atoms with van der Waals surface area (Å²) in [4.78, 5) is 27.5. The first-order valence-electron chi connectivity index (χ1n) is 15.6. The lowest BCUT2D eigenvalue weighted by atomic mass is 9.82.